The highest BCUT2D eigenvalue weighted by Gasteiger charge is 2.37. The highest BCUT2D eigenvalue weighted by Crippen LogP contribution is 2.44. The molecule has 0 unspecified atom stereocenters. The Bertz CT molecular complexity index is 1040. The molecular formula is C25H27FN2O3. The molecule has 0 aliphatic heterocycles. The molecule has 1 aromatic heterocycles. The summed E-state index contributed by atoms with van der Waals surface area (Å²) in [5.41, 5.74) is 1.44. The van der Waals surface area contributed by atoms with Crippen molar-refractivity contribution in [3.63, 3.8) is 0 Å². The molecule has 0 radical (unpaired) electrons. The van der Waals surface area contributed by atoms with Crippen LogP contribution in [0.25, 0.3) is 11.3 Å². The van der Waals surface area contributed by atoms with Gasteiger partial charge in [0.2, 0.25) is 5.91 Å². The van der Waals surface area contributed by atoms with E-state index in [9.17, 15) is 9.18 Å². The van der Waals surface area contributed by atoms with Crippen molar-refractivity contribution >= 4 is 5.91 Å². The fourth-order valence-electron chi connectivity index (χ4n) is 4.46. The first kappa shape index (κ1) is 21.1. The van der Waals surface area contributed by atoms with Crippen molar-refractivity contribution in [1.29, 1.82) is 0 Å². The van der Waals surface area contributed by atoms with Crippen LogP contribution in [0.4, 0.5) is 4.39 Å². The predicted molar refractivity (Wildman–Crippen MR) is 116 cm³/mol. The Kier molecular flexibility index (Phi) is 6.35. The monoisotopic (exact) mass is 422 g/mol. The van der Waals surface area contributed by atoms with Gasteiger partial charge < -0.3 is 14.5 Å². The lowest BCUT2D eigenvalue weighted by molar-refractivity contribution is -0.121. The highest BCUT2D eigenvalue weighted by molar-refractivity contribution is 5.76. The smallest absolute Gasteiger partial charge is 0.220 e. The molecule has 0 saturated heterocycles. The van der Waals surface area contributed by atoms with Crippen LogP contribution >= 0.6 is 0 Å². The first-order chi connectivity index (χ1) is 15.1. The van der Waals surface area contributed by atoms with Crippen molar-refractivity contribution in [3.05, 3.63) is 72.0 Å². The van der Waals surface area contributed by atoms with Gasteiger partial charge in [-0.15, -0.1) is 0 Å². The molecule has 4 rings (SSSR count). The fourth-order valence-corrected chi connectivity index (χ4v) is 4.46. The summed E-state index contributed by atoms with van der Waals surface area (Å²) in [6.45, 7) is 0.582. The van der Waals surface area contributed by atoms with Gasteiger partial charge in [0.25, 0.3) is 0 Å². The third-order valence-electron chi connectivity index (χ3n) is 6.12. The van der Waals surface area contributed by atoms with Crippen molar-refractivity contribution in [3.8, 4) is 17.1 Å². The largest absolute Gasteiger partial charge is 0.496 e. The van der Waals surface area contributed by atoms with E-state index in [2.05, 4.69) is 16.4 Å². The Balaban J connectivity index is 1.36. The van der Waals surface area contributed by atoms with Crippen molar-refractivity contribution in [2.75, 3.05) is 13.7 Å². The van der Waals surface area contributed by atoms with E-state index in [-0.39, 0.29) is 23.6 Å². The number of aromatic nitrogens is 1. The molecule has 0 atom stereocenters. The minimum Gasteiger partial charge on any atom is -0.496 e. The van der Waals surface area contributed by atoms with Crippen LogP contribution in [-0.2, 0) is 16.6 Å². The molecule has 1 aliphatic rings. The third kappa shape index (κ3) is 4.63. The summed E-state index contributed by atoms with van der Waals surface area (Å²) in [4.78, 5) is 16.8. The van der Waals surface area contributed by atoms with E-state index in [0.717, 1.165) is 37.0 Å². The molecule has 0 bridgehead atoms. The molecule has 3 aromatic rings. The summed E-state index contributed by atoms with van der Waals surface area (Å²) in [5.74, 6) is 1.26. The maximum atomic E-state index is 13.9. The first-order valence-electron chi connectivity index (χ1n) is 10.7. The summed E-state index contributed by atoms with van der Waals surface area (Å²) in [5, 5.41) is 3.11. The zero-order chi connectivity index (χ0) is 21.7. The SMILES string of the molecule is COc1ccccc1C1(CNC(=O)CCc2ncc(-c3ccccc3F)o2)CCCC1. The molecule has 1 saturated carbocycles. The molecule has 1 aliphatic carbocycles. The van der Waals surface area contributed by atoms with Gasteiger partial charge >= 0.3 is 0 Å². The van der Waals surface area contributed by atoms with Crippen molar-refractivity contribution < 1.29 is 18.3 Å². The standard InChI is InChI=1S/C25H27FN2O3/c1-30-21-11-5-3-9-19(21)25(14-6-7-15-25)17-28-23(29)12-13-24-27-16-22(31-24)18-8-2-4-10-20(18)26/h2-5,8-11,16H,6-7,12-15,17H2,1H3,(H,28,29). The maximum absolute atomic E-state index is 13.9. The second kappa shape index (κ2) is 9.33. The lowest BCUT2D eigenvalue weighted by atomic mass is 9.78. The number of nitrogens with zero attached hydrogens (tertiary/aromatic N) is 1. The van der Waals surface area contributed by atoms with Gasteiger partial charge in [-0.1, -0.05) is 43.2 Å². The van der Waals surface area contributed by atoms with Crippen LogP contribution in [0.5, 0.6) is 5.75 Å². The summed E-state index contributed by atoms with van der Waals surface area (Å²) in [6.07, 6.45) is 6.47. The number of amides is 1. The highest BCUT2D eigenvalue weighted by atomic mass is 19.1. The number of hydrogen-bond donors (Lipinski definition) is 1. The van der Waals surface area contributed by atoms with Crippen LogP contribution < -0.4 is 10.1 Å². The Morgan fingerprint density at radius 1 is 1.16 bits per heavy atom. The molecule has 1 amide bonds. The molecule has 6 heteroatoms. The third-order valence-corrected chi connectivity index (χ3v) is 6.12. The zero-order valence-electron chi connectivity index (χ0n) is 17.7. The lowest BCUT2D eigenvalue weighted by Crippen LogP contribution is -2.39. The van der Waals surface area contributed by atoms with Gasteiger partial charge in [-0.2, -0.15) is 0 Å². The molecule has 1 N–H and O–H groups in total. The van der Waals surface area contributed by atoms with Crippen molar-refractivity contribution in [2.45, 2.75) is 43.9 Å². The number of hydrogen-bond acceptors (Lipinski definition) is 4. The topological polar surface area (TPSA) is 64.4 Å². The number of halogens is 1. The van der Waals surface area contributed by atoms with Gasteiger partial charge in [0.05, 0.1) is 18.9 Å². The molecule has 5 nitrogen and oxygen atoms in total. The summed E-state index contributed by atoms with van der Waals surface area (Å²) in [6, 6.07) is 14.5. The number of benzene rings is 2. The molecule has 162 valence electrons. The maximum Gasteiger partial charge on any atom is 0.220 e. The van der Waals surface area contributed by atoms with Crippen LogP contribution in [0.1, 0.15) is 43.6 Å². The molecule has 31 heavy (non-hydrogen) atoms. The molecular weight excluding hydrogens is 395 g/mol. The van der Waals surface area contributed by atoms with E-state index in [1.54, 1.807) is 25.3 Å². The van der Waals surface area contributed by atoms with Gasteiger partial charge in [-0.05, 0) is 31.0 Å². The minimum absolute atomic E-state index is 0.0492. The van der Waals surface area contributed by atoms with Crippen LogP contribution in [0.2, 0.25) is 0 Å². The van der Waals surface area contributed by atoms with Gasteiger partial charge in [0, 0.05) is 30.4 Å². The normalized spacial score (nSPS) is 15.0. The van der Waals surface area contributed by atoms with Gasteiger partial charge in [0.15, 0.2) is 11.7 Å². The van der Waals surface area contributed by atoms with Crippen LogP contribution in [0, 0.1) is 5.82 Å². The zero-order valence-corrected chi connectivity index (χ0v) is 17.7. The van der Waals surface area contributed by atoms with E-state index >= 15 is 0 Å². The van der Waals surface area contributed by atoms with Crippen molar-refractivity contribution in [1.82, 2.24) is 10.3 Å². The number of carbonyl (C=O) groups excluding carboxylic acids is 1. The average Bonchev–Trinajstić information content (AvgIpc) is 3.47. The molecule has 0 spiro atoms. The number of aryl methyl sites for hydroxylation is 1. The predicted octanol–water partition coefficient (Wildman–Crippen LogP) is 5.05. The quantitative estimate of drug-likeness (QED) is 0.552. The Labute approximate surface area is 181 Å². The van der Waals surface area contributed by atoms with Crippen LogP contribution in [-0.4, -0.2) is 24.5 Å². The molecule has 1 heterocycles. The van der Waals surface area contributed by atoms with E-state index in [4.69, 9.17) is 9.15 Å². The van der Waals surface area contributed by atoms with Gasteiger partial charge in [-0.25, -0.2) is 9.37 Å². The first-order valence-corrected chi connectivity index (χ1v) is 10.7. The number of ether oxygens (including phenoxy) is 1. The number of carbonyl (C=O) groups is 1. The Morgan fingerprint density at radius 3 is 2.68 bits per heavy atom. The number of nitrogens with one attached hydrogen (secondary N) is 1. The minimum atomic E-state index is -0.360. The second-order valence-corrected chi connectivity index (χ2v) is 8.06. The van der Waals surface area contributed by atoms with E-state index in [0.29, 0.717) is 30.2 Å². The number of para-hydroxylation sites is 1. The Morgan fingerprint density at radius 2 is 1.90 bits per heavy atom. The van der Waals surface area contributed by atoms with Crippen molar-refractivity contribution in [2.24, 2.45) is 0 Å². The number of oxazole rings is 1. The number of methoxy groups -OCH3 is 1. The summed E-state index contributed by atoms with van der Waals surface area (Å²) in [7, 11) is 1.69. The Hall–Kier alpha value is -3.15. The van der Waals surface area contributed by atoms with E-state index in [1.807, 2.05) is 18.2 Å². The van der Waals surface area contributed by atoms with Crippen LogP contribution in [0.3, 0.4) is 0 Å². The second-order valence-electron chi connectivity index (χ2n) is 8.06. The summed E-state index contributed by atoms with van der Waals surface area (Å²) >= 11 is 0. The van der Waals surface area contributed by atoms with Gasteiger partial charge in [-0.3, -0.25) is 4.79 Å². The molecule has 2 aromatic carbocycles. The summed E-state index contributed by atoms with van der Waals surface area (Å²) < 4.78 is 25.1. The molecule has 1 fully saturated rings. The van der Waals surface area contributed by atoms with Crippen LogP contribution in [0.15, 0.2) is 59.1 Å². The van der Waals surface area contributed by atoms with E-state index < -0.39 is 0 Å². The fraction of sp³-hybridized carbons (Fsp3) is 0.360. The van der Waals surface area contributed by atoms with Gasteiger partial charge in [0.1, 0.15) is 11.6 Å². The van der Waals surface area contributed by atoms with E-state index in [1.165, 1.54) is 12.3 Å². The lowest BCUT2D eigenvalue weighted by Gasteiger charge is -2.31. The number of rotatable bonds is 8. The average molecular weight is 423 g/mol.